The Morgan fingerprint density at radius 3 is 2.58 bits per heavy atom. The minimum absolute atomic E-state index is 0.279. The number of rotatable bonds is 7. The maximum absolute atomic E-state index is 12.6. The molecule has 0 aliphatic carbocycles. The van der Waals surface area contributed by atoms with Crippen molar-refractivity contribution in [2.45, 2.75) is 10.1 Å². The second-order valence-electron chi connectivity index (χ2n) is 6.23. The fourth-order valence-corrected chi connectivity index (χ4v) is 5.05. The van der Waals surface area contributed by atoms with Crippen molar-refractivity contribution >= 4 is 68.7 Å². The summed E-state index contributed by atoms with van der Waals surface area (Å²) in [4.78, 5) is 25.5. The average molecular weight is 487 g/mol. The van der Waals surface area contributed by atoms with Gasteiger partial charge in [-0.25, -0.2) is 0 Å². The molecule has 10 heteroatoms. The zero-order valence-corrected chi connectivity index (χ0v) is 19.1. The van der Waals surface area contributed by atoms with Crippen molar-refractivity contribution in [3.63, 3.8) is 0 Å². The fraction of sp³-hybridized carbons (Fsp3) is 0.0476. The van der Waals surface area contributed by atoms with Gasteiger partial charge >= 0.3 is 0 Å². The lowest BCUT2D eigenvalue weighted by atomic mass is 10.2. The standard InChI is InChI=1S/C21H15ClN4O2S3/c22-15-9-8-14(11-16(15)23-19(28)17-7-4-10-29-17)18(27)24-20-25-26-21(31-20)30-12-13-5-2-1-3-6-13/h1-11H,12H2,(H,23,28)(H,24,25,27). The average Bonchev–Trinajstić information content (AvgIpc) is 3.47. The highest BCUT2D eigenvalue weighted by Gasteiger charge is 2.15. The summed E-state index contributed by atoms with van der Waals surface area (Å²) in [5.74, 6) is 0.131. The Morgan fingerprint density at radius 2 is 1.81 bits per heavy atom. The second-order valence-corrected chi connectivity index (χ2v) is 9.78. The molecule has 0 fully saturated rings. The smallest absolute Gasteiger partial charge is 0.265 e. The van der Waals surface area contributed by atoms with Crippen molar-refractivity contribution in [2.75, 3.05) is 10.6 Å². The predicted octanol–water partition coefficient (Wildman–Crippen LogP) is 6.05. The van der Waals surface area contributed by atoms with Crippen molar-refractivity contribution in [1.29, 1.82) is 0 Å². The van der Waals surface area contributed by atoms with E-state index in [4.69, 9.17) is 11.6 Å². The number of halogens is 1. The van der Waals surface area contributed by atoms with Crippen LogP contribution >= 0.6 is 46.0 Å². The van der Waals surface area contributed by atoms with Crippen molar-refractivity contribution in [1.82, 2.24) is 10.2 Å². The van der Waals surface area contributed by atoms with Crippen LogP contribution in [-0.4, -0.2) is 22.0 Å². The number of hydrogen-bond acceptors (Lipinski definition) is 7. The van der Waals surface area contributed by atoms with Crippen LogP contribution < -0.4 is 10.6 Å². The third-order valence-electron chi connectivity index (χ3n) is 4.05. The quantitative estimate of drug-likeness (QED) is 0.245. The van der Waals surface area contributed by atoms with E-state index in [-0.39, 0.29) is 11.8 Å². The molecule has 4 rings (SSSR count). The maximum Gasteiger partial charge on any atom is 0.265 e. The number of thioether (sulfide) groups is 1. The number of nitrogens with zero attached hydrogens (tertiary/aromatic N) is 2. The molecule has 2 heterocycles. The first kappa shape index (κ1) is 21.5. The largest absolute Gasteiger partial charge is 0.320 e. The van der Waals surface area contributed by atoms with Gasteiger partial charge in [-0.15, -0.1) is 21.5 Å². The summed E-state index contributed by atoms with van der Waals surface area (Å²) < 4.78 is 0.763. The van der Waals surface area contributed by atoms with Crippen LogP contribution in [0.3, 0.4) is 0 Å². The molecule has 0 spiro atoms. The number of thiophene rings is 1. The molecule has 0 aliphatic heterocycles. The zero-order valence-electron chi connectivity index (χ0n) is 15.9. The van der Waals surface area contributed by atoms with Crippen LogP contribution in [0.4, 0.5) is 10.8 Å². The molecule has 0 unspecified atom stereocenters. The first-order valence-electron chi connectivity index (χ1n) is 9.04. The van der Waals surface area contributed by atoms with E-state index in [0.29, 0.717) is 26.3 Å². The van der Waals surface area contributed by atoms with Gasteiger partial charge in [0.1, 0.15) is 0 Å². The van der Waals surface area contributed by atoms with Gasteiger partial charge in [0, 0.05) is 11.3 Å². The van der Waals surface area contributed by atoms with E-state index in [1.54, 1.807) is 36.0 Å². The fourth-order valence-electron chi connectivity index (χ4n) is 2.56. The van der Waals surface area contributed by atoms with E-state index in [0.717, 1.165) is 10.1 Å². The van der Waals surface area contributed by atoms with E-state index in [1.165, 1.54) is 34.3 Å². The normalized spacial score (nSPS) is 10.6. The second kappa shape index (κ2) is 10.1. The molecule has 2 aromatic heterocycles. The zero-order chi connectivity index (χ0) is 21.6. The molecule has 2 N–H and O–H groups in total. The summed E-state index contributed by atoms with van der Waals surface area (Å²) in [6, 6.07) is 18.3. The van der Waals surface area contributed by atoms with Gasteiger partial charge in [-0.2, -0.15) is 0 Å². The van der Waals surface area contributed by atoms with Crippen LogP contribution in [0.5, 0.6) is 0 Å². The lowest BCUT2D eigenvalue weighted by Crippen LogP contribution is -2.14. The van der Waals surface area contributed by atoms with Crippen LogP contribution in [0, 0.1) is 0 Å². The van der Waals surface area contributed by atoms with Gasteiger partial charge in [0.15, 0.2) is 4.34 Å². The first-order valence-corrected chi connectivity index (χ1v) is 12.1. The number of nitrogens with one attached hydrogen (secondary N) is 2. The topological polar surface area (TPSA) is 84.0 Å². The molecular weight excluding hydrogens is 472 g/mol. The number of amides is 2. The van der Waals surface area contributed by atoms with Gasteiger partial charge in [-0.3, -0.25) is 14.9 Å². The summed E-state index contributed by atoms with van der Waals surface area (Å²) in [5, 5.41) is 16.2. The van der Waals surface area contributed by atoms with E-state index in [9.17, 15) is 9.59 Å². The Balaban J connectivity index is 1.39. The molecule has 0 aliphatic rings. The number of carbonyl (C=O) groups is 2. The minimum atomic E-state index is -0.362. The first-order chi connectivity index (χ1) is 15.1. The van der Waals surface area contributed by atoms with Gasteiger partial charge in [-0.1, -0.05) is 71.1 Å². The molecule has 4 aromatic rings. The molecule has 0 saturated carbocycles. The van der Waals surface area contributed by atoms with Crippen molar-refractivity contribution in [3.8, 4) is 0 Å². The molecular formula is C21H15ClN4O2S3. The SMILES string of the molecule is O=C(Nc1nnc(SCc2ccccc2)s1)c1ccc(Cl)c(NC(=O)c2cccs2)c1. The third-order valence-corrected chi connectivity index (χ3v) is 7.30. The van der Waals surface area contributed by atoms with Gasteiger partial charge in [0.2, 0.25) is 5.13 Å². The van der Waals surface area contributed by atoms with Crippen molar-refractivity contribution < 1.29 is 9.59 Å². The number of aromatic nitrogens is 2. The molecule has 0 atom stereocenters. The monoisotopic (exact) mass is 486 g/mol. The Labute approximate surface area is 195 Å². The number of anilines is 2. The summed E-state index contributed by atoms with van der Waals surface area (Å²) in [6.07, 6.45) is 0. The van der Waals surface area contributed by atoms with Crippen LogP contribution in [0.25, 0.3) is 0 Å². The molecule has 31 heavy (non-hydrogen) atoms. The van der Waals surface area contributed by atoms with E-state index in [1.807, 2.05) is 35.7 Å². The Morgan fingerprint density at radius 1 is 0.968 bits per heavy atom. The highest BCUT2D eigenvalue weighted by atomic mass is 35.5. The van der Waals surface area contributed by atoms with Gasteiger partial charge in [0.05, 0.1) is 15.6 Å². The molecule has 156 valence electrons. The van der Waals surface area contributed by atoms with Crippen molar-refractivity contribution in [2.24, 2.45) is 0 Å². The molecule has 0 radical (unpaired) electrons. The van der Waals surface area contributed by atoms with E-state index < -0.39 is 0 Å². The highest BCUT2D eigenvalue weighted by Crippen LogP contribution is 2.29. The van der Waals surface area contributed by atoms with Crippen LogP contribution in [-0.2, 0) is 5.75 Å². The summed E-state index contributed by atoms with van der Waals surface area (Å²) in [5.41, 5.74) is 1.90. The molecule has 0 bridgehead atoms. The van der Waals surface area contributed by atoms with E-state index in [2.05, 4.69) is 20.8 Å². The van der Waals surface area contributed by atoms with Crippen LogP contribution in [0.2, 0.25) is 5.02 Å². The molecule has 2 amide bonds. The minimum Gasteiger partial charge on any atom is -0.320 e. The lowest BCUT2D eigenvalue weighted by molar-refractivity contribution is 0.101. The van der Waals surface area contributed by atoms with Crippen LogP contribution in [0.1, 0.15) is 25.6 Å². The maximum atomic E-state index is 12.6. The summed E-state index contributed by atoms with van der Waals surface area (Å²) in [7, 11) is 0. The third kappa shape index (κ3) is 5.71. The number of benzene rings is 2. The van der Waals surface area contributed by atoms with Crippen molar-refractivity contribution in [3.05, 3.63) is 87.1 Å². The Kier molecular flexibility index (Phi) is 6.98. The number of carbonyl (C=O) groups excluding carboxylic acids is 2. The number of hydrogen-bond donors (Lipinski definition) is 2. The Bertz CT molecular complexity index is 1200. The summed E-state index contributed by atoms with van der Waals surface area (Å²) >= 11 is 10.4. The van der Waals surface area contributed by atoms with E-state index >= 15 is 0 Å². The summed E-state index contributed by atoms with van der Waals surface area (Å²) in [6.45, 7) is 0. The molecule has 6 nitrogen and oxygen atoms in total. The highest BCUT2D eigenvalue weighted by molar-refractivity contribution is 8.00. The van der Waals surface area contributed by atoms with Gasteiger partial charge in [-0.05, 0) is 35.2 Å². The van der Waals surface area contributed by atoms with Gasteiger partial charge in [0.25, 0.3) is 11.8 Å². The molecule has 0 saturated heterocycles. The Hall–Kier alpha value is -2.72. The predicted molar refractivity (Wildman–Crippen MR) is 128 cm³/mol. The lowest BCUT2D eigenvalue weighted by Gasteiger charge is -2.08. The van der Waals surface area contributed by atoms with Gasteiger partial charge < -0.3 is 5.32 Å². The van der Waals surface area contributed by atoms with Crippen LogP contribution in [0.15, 0.2) is 70.4 Å². The molecule has 2 aromatic carbocycles.